The molecular weight excluding hydrogens is 318 g/mol. The number of phenolic OH excluding ortho intramolecular Hbond substituents is 3. The Hall–Kier alpha value is -3.62. The van der Waals surface area contributed by atoms with E-state index in [1.54, 1.807) is 6.92 Å². The molecule has 0 spiro atoms. The van der Waals surface area contributed by atoms with Crippen molar-refractivity contribution in [3.63, 3.8) is 0 Å². The first kappa shape index (κ1) is 16.7. The number of nitrogens with one attached hydrogen (secondary N) is 1. The van der Waals surface area contributed by atoms with Crippen molar-refractivity contribution in [2.24, 2.45) is 5.10 Å². The molecule has 0 saturated carbocycles. The molecule has 2 aromatic rings. The number of non-ortho nitro benzene ring substituents is 1. The molecule has 0 atom stereocenters. The number of nitrogens with zero attached hydrogens (tertiary/aromatic N) is 2. The summed E-state index contributed by atoms with van der Waals surface area (Å²) in [6.45, 7) is 1.59. The van der Waals surface area contributed by atoms with Crippen molar-refractivity contribution < 1.29 is 25.0 Å². The average molecular weight is 331 g/mol. The van der Waals surface area contributed by atoms with Crippen LogP contribution in [-0.2, 0) is 0 Å². The summed E-state index contributed by atoms with van der Waals surface area (Å²) in [6.07, 6.45) is 0. The van der Waals surface area contributed by atoms with Crippen LogP contribution in [0.5, 0.6) is 17.2 Å². The van der Waals surface area contributed by atoms with Gasteiger partial charge in [0, 0.05) is 17.7 Å². The van der Waals surface area contributed by atoms with E-state index in [0.29, 0.717) is 11.3 Å². The maximum absolute atomic E-state index is 11.9. The van der Waals surface area contributed by atoms with Gasteiger partial charge in [-0.15, -0.1) is 0 Å². The predicted molar refractivity (Wildman–Crippen MR) is 84.2 cm³/mol. The van der Waals surface area contributed by atoms with Crippen LogP contribution in [0, 0.1) is 10.1 Å². The van der Waals surface area contributed by atoms with Gasteiger partial charge < -0.3 is 15.3 Å². The van der Waals surface area contributed by atoms with Crippen molar-refractivity contribution in [2.75, 3.05) is 0 Å². The fourth-order valence-corrected chi connectivity index (χ4v) is 1.82. The van der Waals surface area contributed by atoms with E-state index in [0.717, 1.165) is 12.1 Å². The number of benzene rings is 2. The molecule has 0 aliphatic carbocycles. The highest BCUT2D eigenvalue weighted by Crippen LogP contribution is 2.35. The van der Waals surface area contributed by atoms with E-state index in [2.05, 4.69) is 10.5 Å². The molecule has 0 saturated heterocycles. The van der Waals surface area contributed by atoms with Crippen LogP contribution in [0.4, 0.5) is 5.69 Å². The lowest BCUT2D eigenvalue weighted by Crippen LogP contribution is -2.19. The van der Waals surface area contributed by atoms with Crippen LogP contribution in [0.15, 0.2) is 41.5 Å². The summed E-state index contributed by atoms with van der Waals surface area (Å²) in [7, 11) is 0. The number of nitro benzene ring substituents is 1. The summed E-state index contributed by atoms with van der Waals surface area (Å²) in [5.74, 6) is -2.73. The van der Waals surface area contributed by atoms with Crippen molar-refractivity contribution in [3.8, 4) is 17.2 Å². The van der Waals surface area contributed by atoms with E-state index in [1.807, 2.05) is 0 Å². The summed E-state index contributed by atoms with van der Waals surface area (Å²) in [5, 5.41) is 42.4. The van der Waals surface area contributed by atoms with Crippen LogP contribution in [0.1, 0.15) is 22.8 Å². The molecule has 4 N–H and O–H groups in total. The Morgan fingerprint density at radius 2 is 1.62 bits per heavy atom. The fourth-order valence-electron chi connectivity index (χ4n) is 1.82. The molecule has 2 aromatic carbocycles. The highest BCUT2D eigenvalue weighted by atomic mass is 16.6. The van der Waals surface area contributed by atoms with Gasteiger partial charge in [-0.05, 0) is 36.8 Å². The molecule has 0 fully saturated rings. The Labute approximate surface area is 135 Å². The van der Waals surface area contributed by atoms with Gasteiger partial charge in [-0.2, -0.15) is 5.10 Å². The van der Waals surface area contributed by atoms with E-state index in [4.69, 9.17) is 0 Å². The van der Waals surface area contributed by atoms with Gasteiger partial charge in [-0.1, -0.05) is 0 Å². The molecule has 124 valence electrons. The van der Waals surface area contributed by atoms with Gasteiger partial charge in [0.25, 0.3) is 11.6 Å². The summed E-state index contributed by atoms with van der Waals surface area (Å²) in [6, 6.07) is 7.54. The van der Waals surface area contributed by atoms with Crippen molar-refractivity contribution in [2.45, 2.75) is 6.92 Å². The lowest BCUT2D eigenvalue weighted by Gasteiger charge is -2.06. The molecule has 24 heavy (non-hydrogen) atoms. The number of hydrogen-bond acceptors (Lipinski definition) is 7. The third-order valence-corrected chi connectivity index (χ3v) is 3.15. The molecule has 9 nitrogen and oxygen atoms in total. The number of rotatable bonds is 4. The van der Waals surface area contributed by atoms with Crippen molar-refractivity contribution in [1.29, 1.82) is 0 Å². The molecule has 0 bridgehead atoms. The maximum atomic E-state index is 11.9. The largest absolute Gasteiger partial charge is 0.504 e. The van der Waals surface area contributed by atoms with Crippen LogP contribution in [0.2, 0.25) is 0 Å². The Bertz CT molecular complexity index is 807. The standard InChI is InChI=1S/C15H13N3O6/c1-8(9-2-4-11(5-3-9)18(23)24)16-17-15(22)10-6-12(19)14(21)13(20)7-10/h2-7,19-21H,1H3,(H,17,22)/b16-8-. The Morgan fingerprint density at radius 1 is 1.08 bits per heavy atom. The van der Waals surface area contributed by atoms with Gasteiger partial charge in [0.2, 0.25) is 0 Å². The number of phenols is 3. The third-order valence-electron chi connectivity index (χ3n) is 3.15. The summed E-state index contributed by atoms with van der Waals surface area (Å²) in [4.78, 5) is 22.0. The molecule has 0 unspecified atom stereocenters. The van der Waals surface area contributed by atoms with E-state index in [1.165, 1.54) is 24.3 Å². The number of carbonyl (C=O) groups is 1. The van der Waals surface area contributed by atoms with Crippen LogP contribution in [0.25, 0.3) is 0 Å². The third kappa shape index (κ3) is 3.58. The Kier molecular flexibility index (Phi) is 4.64. The minimum Gasteiger partial charge on any atom is -0.504 e. The van der Waals surface area contributed by atoms with Crippen LogP contribution >= 0.6 is 0 Å². The lowest BCUT2D eigenvalue weighted by molar-refractivity contribution is -0.384. The molecule has 0 aliphatic heterocycles. The second-order valence-corrected chi connectivity index (χ2v) is 4.81. The fraction of sp³-hybridized carbons (Fsp3) is 0.0667. The molecule has 2 rings (SSSR count). The number of amides is 1. The van der Waals surface area contributed by atoms with E-state index in [-0.39, 0.29) is 11.3 Å². The minimum absolute atomic E-state index is 0.0642. The molecular formula is C15H13N3O6. The molecule has 0 aliphatic rings. The normalized spacial score (nSPS) is 11.1. The smallest absolute Gasteiger partial charge is 0.271 e. The zero-order chi connectivity index (χ0) is 17.9. The van der Waals surface area contributed by atoms with Gasteiger partial charge >= 0.3 is 0 Å². The zero-order valence-corrected chi connectivity index (χ0v) is 12.4. The van der Waals surface area contributed by atoms with Crippen LogP contribution < -0.4 is 5.43 Å². The molecule has 9 heteroatoms. The van der Waals surface area contributed by atoms with Crippen molar-refractivity contribution in [1.82, 2.24) is 5.43 Å². The number of carbonyl (C=O) groups excluding carboxylic acids is 1. The first-order valence-corrected chi connectivity index (χ1v) is 6.64. The number of aromatic hydroxyl groups is 3. The summed E-state index contributed by atoms with van der Waals surface area (Å²) in [5.41, 5.74) is 3.01. The minimum atomic E-state index is -0.725. The summed E-state index contributed by atoms with van der Waals surface area (Å²) >= 11 is 0. The average Bonchev–Trinajstić information content (AvgIpc) is 2.56. The predicted octanol–water partition coefficient (Wildman–Crippen LogP) is 1.87. The van der Waals surface area contributed by atoms with Crippen molar-refractivity contribution in [3.05, 3.63) is 57.6 Å². The van der Waals surface area contributed by atoms with E-state index < -0.39 is 28.1 Å². The maximum Gasteiger partial charge on any atom is 0.271 e. The second kappa shape index (κ2) is 6.65. The highest BCUT2D eigenvalue weighted by molar-refractivity contribution is 6.01. The number of nitro groups is 1. The molecule has 0 radical (unpaired) electrons. The van der Waals surface area contributed by atoms with E-state index in [9.17, 15) is 30.2 Å². The quantitative estimate of drug-likeness (QED) is 0.291. The Balaban J connectivity index is 2.14. The first-order chi connectivity index (χ1) is 11.3. The number of hydrazone groups is 1. The molecule has 0 aromatic heterocycles. The molecule has 0 heterocycles. The first-order valence-electron chi connectivity index (χ1n) is 6.64. The van der Waals surface area contributed by atoms with Crippen LogP contribution in [-0.4, -0.2) is 31.9 Å². The van der Waals surface area contributed by atoms with Gasteiger partial charge in [0.05, 0.1) is 10.6 Å². The van der Waals surface area contributed by atoms with Gasteiger partial charge in [-0.25, -0.2) is 5.43 Å². The van der Waals surface area contributed by atoms with E-state index >= 15 is 0 Å². The Morgan fingerprint density at radius 3 is 2.12 bits per heavy atom. The monoisotopic (exact) mass is 331 g/mol. The van der Waals surface area contributed by atoms with Crippen LogP contribution in [0.3, 0.4) is 0 Å². The topological polar surface area (TPSA) is 145 Å². The highest BCUT2D eigenvalue weighted by Gasteiger charge is 2.13. The summed E-state index contributed by atoms with van der Waals surface area (Å²) < 4.78 is 0. The zero-order valence-electron chi connectivity index (χ0n) is 12.4. The second-order valence-electron chi connectivity index (χ2n) is 4.81. The molecule has 1 amide bonds. The van der Waals surface area contributed by atoms with Crippen molar-refractivity contribution >= 4 is 17.3 Å². The lowest BCUT2D eigenvalue weighted by atomic mass is 10.1. The number of hydrogen-bond donors (Lipinski definition) is 4. The van der Waals surface area contributed by atoms with Gasteiger partial charge in [-0.3, -0.25) is 14.9 Å². The SMILES string of the molecule is C/C(=N/NC(=O)c1cc(O)c(O)c(O)c1)c1ccc([N+](=O)[O-])cc1. The van der Waals surface area contributed by atoms with Gasteiger partial charge in [0.15, 0.2) is 17.2 Å². The van der Waals surface area contributed by atoms with Gasteiger partial charge in [0.1, 0.15) is 0 Å².